The number of nitrogens with one attached hydrogen (secondary N) is 2. The van der Waals surface area contributed by atoms with Gasteiger partial charge in [0.1, 0.15) is 5.75 Å². The molecule has 1 aliphatic rings. The second-order valence-electron chi connectivity index (χ2n) is 5.47. The molecule has 0 saturated heterocycles. The first-order valence-corrected chi connectivity index (χ1v) is 7.58. The molecule has 0 aromatic heterocycles. The lowest BCUT2D eigenvalue weighted by Gasteiger charge is -2.21. The van der Waals surface area contributed by atoms with Crippen molar-refractivity contribution in [3.8, 4) is 5.75 Å². The van der Waals surface area contributed by atoms with Gasteiger partial charge in [0.05, 0.1) is 5.69 Å². The lowest BCUT2D eigenvalue weighted by molar-refractivity contribution is -0.118. The van der Waals surface area contributed by atoms with E-state index in [9.17, 15) is 4.79 Å². The van der Waals surface area contributed by atoms with Crippen molar-refractivity contribution in [2.24, 2.45) is 0 Å². The van der Waals surface area contributed by atoms with Gasteiger partial charge < -0.3 is 15.4 Å². The van der Waals surface area contributed by atoms with Gasteiger partial charge in [0.2, 0.25) is 0 Å². The van der Waals surface area contributed by atoms with Crippen LogP contribution in [0.1, 0.15) is 17.5 Å². The third-order valence-electron chi connectivity index (χ3n) is 3.82. The van der Waals surface area contributed by atoms with Crippen molar-refractivity contribution in [1.29, 1.82) is 0 Å². The topological polar surface area (TPSA) is 50.4 Å². The predicted octanol–water partition coefficient (Wildman–Crippen LogP) is 3.37. The largest absolute Gasteiger partial charge is 0.482 e. The van der Waals surface area contributed by atoms with Crippen LogP contribution < -0.4 is 15.4 Å². The lowest BCUT2D eigenvalue weighted by atomic mass is 10.0. The van der Waals surface area contributed by atoms with E-state index in [0.29, 0.717) is 0 Å². The molecule has 0 aliphatic carbocycles. The highest BCUT2D eigenvalue weighted by Gasteiger charge is 2.14. The Morgan fingerprint density at radius 3 is 2.95 bits per heavy atom. The summed E-state index contributed by atoms with van der Waals surface area (Å²) in [4.78, 5) is 12.0. The number of carbonyl (C=O) groups is 1. The molecule has 0 saturated carbocycles. The molecule has 0 radical (unpaired) electrons. The number of amides is 1. The van der Waals surface area contributed by atoms with Crippen LogP contribution in [-0.4, -0.2) is 19.1 Å². The summed E-state index contributed by atoms with van der Waals surface area (Å²) in [6.07, 6.45) is 2.18. The molecular formula is C18H20N2O2. The molecule has 114 valence electrons. The van der Waals surface area contributed by atoms with E-state index < -0.39 is 0 Å². The number of aryl methyl sites for hydroxylation is 2. The number of fused-ring (bicyclic) bond motifs is 1. The Balaban J connectivity index is 1.63. The van der Waals surface area contributed by atoms with Gasteiger partial charge in [0, 0.05) is 12.2 Å². The Morgan fingerprint density at radius 2 is 2.09 bits per heavy atom. The molecule has 0 spiro atoms. The number of hydrogen-bond acceptors (Lipinski definition) is 3. The molecule has 1 heterocycles. The third kappa shape index (κ3) is 3.22. The minimum atomic E-state index is -0.150. The Hall–Kier alpha value is -2.49. The molecule has 4 nitrogen and oxygen atoms in total. The van der Waals surface area contributed by atoms with E-state index in [1.807, 2.05) is 43.3 Å². The van der Waals surface area contributed by atoms with Crippen LogP contribution in [0.4, 0.5) is 11.4 Å². The Morgan fingerprint density at radius 1 is 1.23 bits per heavy atom. The summed E-state index contributed by atoms with van der Waals surface area (Å²) in [6, 6.07) is 13.7. The molecule has 1 amide bonds. The van der Waals surface area contributed by atoms with Crippen molar-refractivity contribution >= 4 is 17.3 Å². The van der Waals surface area contributed by atoms with Crippen molar-refractivity contribution < 1.29 is 9.53 Å². The summed E-state index contributed by atoms with van der Waals surface area (Å²) in [5.74, 6) is 0.597. The lowest BCUT2D eigenvalue weighted by Crippen LogP contribution is -2.21. The van der Waals surface area contributed by atoms with Gasteiger partial charge in [-0.3, -0.25) is 4.79 Å². The van der Waals surface area contributed by atoms with Crippen LogP contribution in [-0.2, 0) is 11.2 Å². The summed E-state index contributed by atoms with van der Waals surface area (Å²) in [5, 5.41) is 6.23. The van der Waals surface area contributed by atoms with E-state index in [0.717, 1.165) is 42.1 Å². The fourth-order valence-corrected chi connectivity index (χ4v) is 2.64. The molecule has 3 rings (SSSR count). The van der Waals surface area contributed by atoms with Crippen molar-refractivity contribution in [3.05, 3.63) is 53.6 Å². The van der Waals surface area contributed by atoms with Crippen LogP contribution in [0.2, 0.25) is 0 Å². The van der Waals surface area contributed by atoms with E-state index >= 15 is 0 Å². The minimum Gasteiger partial charge on any atom is -0.482 e. The molecule has 1 aliphatic heterocycles. The molecule has 2 aromatic rings. The molecule has 22 heavy (non-hydrogen) atoms. The van der Waals surface area contributed by atoms with Crippen LogP contribution in [0.25, 0.3) is 0 Å². The molecular weight excluding hydrogens is 276 g/mol. The molecule has 0 bridgehead atoms. The summed E-state index contributed by atoms with van der Waals surface area (Å²) in [5.41, 5.74) is 4.14. The summed E-state index contributed by atoms with van der Waals surface area (Å²) < 4.78 is 5.70. The average Bonchev–Trinajstić information content (AvgIpc) is 2.55. The van der Waals surface area contributed by atoms with Gasteiger partial charge in [-0.15, -0.1) is 0 Å². The van der Waals surface area contributed by atoms with Crippen LogP contribution in [0.3, 0.4) is 0 Å². The van der Waals surface area contributed by atoms with Crippen molar-refractivity contribution in [1.82, 2.24) is 0 Å². The predicted molar refractivity (Wildman–Crippen MR) is 88.6 cm³/mol. The molecule has 0 unspecified atom stereocenters. The van der Waals surface area contributed by atoms with Crippen LogP contribution in [0.5, 0.6) is 5.75 Å². The zero-order valence-corrected chi connectivity index (χ0v) is 12.7. The van der Waals surface area contributed by atoms with E-state index in [2.05, 4.69) is 16.7 Å². The number of anilines is 2. The number of hydrogen-bond donors (Lipinski definition) is 2. The first-order chi connectivity index (χ1) is 10.7. The van der Waals surface area contributed by atoms with Crippen molar-refractivity contribution in [2.45, 2.75) is 19.8 Å². The number of benzene rings is 2. The third-order valence-corrected chi connectivity index (χ3v) is 3.82. The maximum atomic E-state index is 12.0. The second kappa shape index (κ2) is 6.52. The molecule has 4 heteroatoms. The molecule has 0 atom stereocenters. The number of ether oxygens (including phenoxy) is 1. The van der Waals surface area contributed by atoms with E-state index in [4.69, 9.17) is 4.74 Å². The van der Waals surface area contributed by atoms with Crippen molar-refractivity contribution in [3.63, 3.8) is 0 Å². The highest BCUT2D eigenvalue weighted by atomic mass is 16.5. The van der Waals surface area contributed by atoms with Crippen LogP contribution in [0, 0.1) is 6.92 Å². The zero-order chi connectivity index (χ0) is 15.4. The van der Waals surface area contributed by atoms with Gasteiger partial charge in [0.15, 0.2) is 6.61 Å². The second-order valence-corrected chi connectivity index (χ2v) is 5.47. The standard InChI is InChI=1S/C18H20N2O2/c1-13-6-2-3-9-15(13)20-17(21)12-22-16-10-4-7-14-8-5-11-19-18(14)16/h2-4,6-7,9-10,19H,5,8,11-12H2,1H3,(H,20,21). The Bertz CT molecular complexity index is 683. The summed E-state index contributed by atoms with van der Waals surface area (Å²) in [7, 11) is 0. The first-order valence-electron chi connectivity index (χ1n) is 7.58. The minimum absolute atomic E-state index is 0.00642. The van der Waals surface area contributed by atoms with Crippen LogP contribution in [0.15, 0.2) is 42.5 Å². The van der Waals surface area contributed by atoms with Crippen LogP contribution >= 0.6 is 0 Å². The van der Waals surface area contributed by atoms with Gasteiger partial charge in [-0.1, -0.05) is 30.3 Å². The highest BCUT2D eigenvalue weighted by Crippen LogP contribution is 2.31. The highest BCUT2D eigenvalue weighted by molar-refractivity contribution is 5.92. The zero-order valence-electron chi connectivity index (χ0n) is 12.7. The summed E-state index contributed by atoms with van der Waals surface area (Å²) >= 11 is 0. The number of rotatable bonds is 4. The maximum Gasteiger partial charge on any atom is 0.262 e. The van der Waals surface area contributed by atoms with Gasteiger partial charge >= 0.3 is 0 Å². The monoisotopic (exact) mass is 296 g/mol. The Labute approximate surface area is 130 Å². The number of para-hydroxylation sites is 2. The molecule has 2 N–H and O–H groups in total. The van der Waals surface area contributed by atoms with Gasteiger partial charge in [0.25, 0.3) is 5.91 Å². The summed E-state index contributed by atoms with van der Waals surface area (Å²) in [6.45, 7) is 2.92. The van der Waals surface area contributed by atoms with E-state index in [1.165, 1.54) is 5.56 Å². The fraction of sp³-hybridized carbons (Fsp3) is 0.278. The van der Waals surface area contributed by atoms with Crippen molar-refractivity contribution in [2.75, 3.05) is 23.8 Å². The average molecular weight is 296 g/mol. The number of carbonyl (C=O) groups excluding carboxylic acids is 1. The maximum absolute atomic E-state index is 12.0. The smallest absolute Gasteiger partial charge is 0.262 e. The van der Waals surface area contributed by atoms with Gasteiger partial charge in [-0.05, 0) is 43.0 Å². The fourth-order valence-electron chi connectivity index (χ4n) is 2.64. The van der Waals surface area contributed by atoms with E-state index in [1.54, 1.807) is 0 Å². The van der Waals surface area contributed by atoms with Gasteiger partial charge in [-0.25, -0.2) is 0 Å². The van der Waals surface area contributed by atoms with E-state index in [-0.39, 0.29) is 12.5 Å². The molecule has 0 fully saturated rings. The molecule has 2 aromatic carbocycles. The van der Waals surface area contributed by atoms with Gasteiger partial charge in [-0.2, -0.15) is 0 Å². The normalized spacial score (nSPS) is 13.0. The Kier molecular flexibility index (Phi) is 4.28. The quantitative estimate of drug-likeness (QED) is 0.909. The first kappa shape index (κ1) is 14.4. The SMILES string of the molecule is Cc1ccccc1NC(=O)COc1cccc2c1NCCC2.